The van der Waals surface area contributed by atoms with Gasteiger partial charge in [-0.15, -0.1) is 0 Å². The second-order valence-corrected chi connectivity index (χ2v) is 4.90. The maximum absolute atomic E-state index is 11.5. The topological polar surface area (TPSA) is 64.3 Å². The average Bonchev–Trinajstić information content (AvgIpc) is 3.18. The lowest BCUT2D eigenvalue weighted by molar-refractivity contribution is -0.123. The van der Waals surface area contributed by atoms with Crippen molar-refractivity contribution in [3.05, 3.63) is 29.8 Å². The van der Waals surface area contributed by atoms with Crippen LogP contribution in [0.25, 0.3) is 0 Å². The van der Waals surface area contributed by atoms with Crippen LogP contribution in [0.2, 0.25) is 0 Å². The lowest BCUT2D eigenvalue weighted by Gasteiger charge is -2.10. The molecule has 18 heavy (non-hydrogen) atoms. The first-order valence-electron chi connectivity index (χ1n) is 6.40. The number of hydrogen-bond acceptors (Lipinski definition) is 3. The number of hydrogen-bond donors (Lipinski definition) is 2. The summed E-state index contributed by atoms with van der Waals surface area (Å²) < 4.78 is 5.44. The van der Waals surface area contributed by atoms with Crippen LogP contribution in [0.15, 0.2) is 24.3 Å². The smallest absolute Gasteiger partial charge is 0.257 e. The van der Waals surface area contributed by atoms with E-state index < -0.39 is 0 Å². The second-order valence-electron chi connectivity index (χ2n) is 4.90. The molecule has 0 aromatic heterocycles. The molecule has 0 heterocycles. The van der Waals surface area contributed by atoms with Crippen LogP contribution in [-0.2, 0) is 4.79 Å². The summed E-state index contributed by atoms with van der Waals surface area (Å²) in [6.45, 7) is 2.76. The van der Waals surface area contributed by atoms with Crippen LogP contribution >= 0.6 is 0 Å². The molecule has 98 valence electrons. The van der Waals surface area contributed by atoms with E-state index in [1.807, 2.05) is 31.2 Å². The summed E-state index contributed by atoms with van der Waals surface area (Å²) in [4.78, 5) is 11.5. The molecule has 1 saturated carbocycles. The highest BCUT2D eigenvalue weighted by Crippen LogP contribution is 2.27. The van der Waals surface area contributed by atoms with Crippen LogP contribution in [-0.4, -0.2) is 19.1 Å². The first kappa shape index (κ1) is 12.9. The van der Waals surface area contributed by atoms with Gasteiger partial charge in [-0.3, -0.25) is 4.79 Å². The van der Waals surface area contributed by atoms with E-state index in [9.17, 15) is 4.79 Å². The van der Waals surface area contributed by atoms with Crippen LogP contribution < -0.4 is 15.8 Å². The van der Waals surface area contributed by atoms with Crippen LogP contribution in [0, 0.1) is 5.92 Å². The van der Waals surface area contributed by atoms with E-state index in [0.717, 1.165) is 12.1 Å². The van der Waals surface area contributed by atoms with Crippen molar-refractivity contribution in [2.75, 3.05) is 13.2 Å². The zero-order valence-corrected chi connectivity index (χ0v) is 10.7. The summed E-state index contributed by atoms with van der Waals surface area (Å²) in [5, 5.41) is 2.86. The van der Waals surface area contributed by atoms with Crippen molar-refractivity contribution in [3.63, 3.8) is 0 Å². The zero-order chi connectivity index (χ0) is 13.0. The standard InChI is InChI=1S/C14H20N2O2/c1-10(15)12-3-2-4-13(7-12)18-9-14(17)16-8-11-5-6-11/h2-4,7,10-11H,5-6,8-9,15H2,1H3,(H,16,17)/t10-/m0/s1. The summed E-state index contributed by atoms with van der Waals surface area (Å²) in [6, 6.07) is 7.51. The van der Waals surface area contributed by atoms with Gasteiger partial charge in [0.15, 0.2) is 6.61 Å². The molecule has 0 saturated heterocycles. The Labute approximate surface area is 108 Å². The first-order valence-corrected chi connectivity index (χ1v) is 6.40. The SMILES string of the molecule is C[C@H](N)c1cccc(OCC(=O)NCC2CC2)c1. The van der Waals surface area contributed by atoms with Crippen molar-refractivity contribution >= 4 is 5.91 Å². The van der Waals surface area contributed by atoms with E-state index in [2.05, 4.69) is 5.32 Å². The highest BCUT2D eigenvalue weighted by Gasteiger charge is 2.21. The molecule has 0 unspecified atom stereocenters. The minimum atomic E-state index is -0.0619. The summed E-state index contributed by atoms with van der Waals surface area (Å²) in [5.41, 5.74) is 6.80. The quantitative estimate of drug-likeness (QED) is 0.804. The molecule has 1 aromatic rings. The first-order chi connectivity index (χ1) is 8.65. The molecule has 0 bridgehead atoms. The van der Waals surface area contributed by atoms with E-state index >= 15 is 0 Å². The van der Waals surface area contributed by atoms with E-state index in [1.165, 1.54) is 12.8 Å². The molecular formula is C14H20N2O2. The van der Waals surface area contributed by atoms with Crippen molar-refractivity contribution in [3.8, 4) is 5.75 Å². The number of rotatable bonds is 6. The minimum Gasteiger partial charge on any atom is -0.484 e. The van der Waals surface area contributed by atoms with Gasteiger partial charge in [0.1, 0.15) is 5.75 Å². The summed E-state index contributed by atoms with van der Waals surface area (Å²) >= 11 is 0. The van der Waals surface area contributed by atoms with E-state index in [-0.39, 0.29) is 18.6 Å². The van der Waals surface area contributed by atoms with Gasteiger partial charge >= 0.3 is 0 Å². The van der Waals surface area contributed by atoms with Crippen LogP contribution in [0.1, 0.15) is 31.4 Å². The fourth-order valence-corrected chi connectivity index (χ4v) is 1.67. The van der Waals surface area contributed by atoms with Gasteiger partial charge in [-0.25, -0.2) is 0 Å². The number of carbonyl (C=O) groups excluding carboxylic acids is 1. The molecule has 1 aliphatic carbocycles. The molecule has 1 aromatic carbocycles. The molecule has 0 radical (unpaired) electrons. The van der Waals surface area contributed by atoms with E-state index in [0.29, 0.717) is 11.7 Å². The maximum Gasteiger partial charge on any atom is 0.257 e. The number of nitrogens with one attached hydrogen (secondary N) is 1. The van der Waals surface area contributed by atoms with Crippen LogP contribution in [0.4, 0.5) is 0 Å². The van der Waals surface area contributed by atoms with Crippen molar-refractivity contribution in [2.24, 2.45) is 11.7 Å². The molecule has 4 heteroatoms. The van der Waals surface area contributed by atoms with E-state index in [1.54, 1.807) is 0 Å². The lowest BCUT2D eigenvalue weighted by Crippen LogP contribution is -2.30. The Hall–Kier alpha value is -1.55. The Morgan fingerprint density at radius 1 is 1.56 bits per heavy atom. The molecule has 1 amide bonds. The van der Waals surface area contributed by atoms with E-state index in [4.69, 9.17) is 10.5 Å². The third-order valence-corrected chi connectivity index (χ3v) is 3.04. The summed E-state index contributed by atoms with van der Waals surface area (Å²) in [5.74, 6) is 1.31. The highest BCUT2D eigenvalue weighted by molar-refractivity contribution is 5.77. The Morgan fingerprint density at radius 3 is 3.00 bits per heavy atom. The number of ether oxygens (including phenoxy) is 1. The fraction of sp³-hybridized carbons (Fsp3) is 0.500. The lowest BCUT2D eigenvalue weighted by atomic mass is 10.1. The summed E-state index contributed by atoms with van der Waals surface area (Å²) in [7, 11) is 0. The number of benzene rings is 1. The van der Waals surface area contributed by atoms with Crippen molar-refractivity contribution in [1.29, 1.82) is 0 Å². The Kier molecular flexibility index (Phi) is 4.20. The van der Waals surface area contributed by atoms with Gasteiger partial charge in [-0.05, 0) is 43.4 Å². The normalized spacial score (nSPS) is 16.1. The molecule has 0 spiro atoms. The molecular weight excluding hydrogens is 228 g/mol. The maximum atomic E-state index is 11.5. The second kappa shape index (κ2) is 5.87. The predicted octanol–water partition coefficient (Wildman–Crippen LogP) is 1.61. The molecule has 1 fully saturated rings. The molecule has 2 rings (SSSR count). The van der Waals surface area contributed by atoms with Gasteiger partial charge in [0, 0.05) is 12.6 Å². The van der Waals surface area contributed by atoms with Gasteiger partial charge < -0.3 is 15.8 Å². The van der Waals surface area contributed by atoms with Gasteiger partial charge in [0.05, 0.1) is 0 Å². The minimum absolute atomic E-state index is 0.0303. The third kappa shape index (κ3) is 4.04. The van der Waals surface area contributed by atoms with Gasteiger partial charge in [-0.2, -0.15) is 0 Å². The van der Waals surface area contributed by atoms with Crippen LogP contribution in [0.3, 0.4) is 0 Å². The Balaban J connectivity index is 1.77. The third-order valence-electron chi connectivity index (χ3n) is 3.04. The van der Waals surface area contributed by atoms with Crippen molar-refractivity contribution in [2.45, 2.75) is 25.8 Å². The molecule has 3 N–H and O–H groups in total. The van der Waals surface area contributed by atoms with Gasteiger partial charge in [0.2, 0.25) is 0 Å². The predicted molar refractivity (Wildman–Crippen MR) is 70.3 cm³/mol. The fourth-order valence-electron chi connectivity index (χ4n) is 1.67. The number of amides is 1. The van der Waals surface area contributed by atoms with Gasteiger partial charge in [0.25, 0.3) is 5.91 Å². The largest absolute Gasteiger partial charge is 0.484 e. The number of nitrogens with two attached hydrogens (primary N) is 1. The molecule has 4 nitrogen and oxygen atoms in total. The average molecular weight is 248 g/mol. The number of carbonyl (C=O) groups is 1. The van der Waals surface area contributed by atoms with Crippen molar-refractivity contribution in [1.82, 2.24) is 5.32 Å². The molecule has 1 aliphatic rings. The highest BCUT2D eigenvalue weighted by atomic mass is 16.5. The molecule has 1 atom stereocenters. The van der Waals surface area contributed by atoms with Gasteiger partial charge in [-0.1, -0.05) is 12.1 Å². The van der Waals surface area contributed by atoms with Crippen molar-refractivity contribution < 1.29 is 9.53 Å². The monoisotopic (exact) mass is 248 g/mol. The zero-order valence-electron chi connectivity index (χ0n) is 10.7. The van der Waals surface area contributed by atoms with Crippen LogP contribution in [0.5, 0.6) is 5.75 Å². The molecule has 0 aliphatic heterocycles. The summed E-state index contributed by atoms with van der Waals surface area (Å²) in [6.07, 6.45) is 2.47. The Morgan fingerprint density at radius 2 is 2.33 bits per heavy atom. The Bertz CT molecular complexity index is 414.